The van der Waals surface area contributed by atoms with E-state index in [1.165, 1.54) is 16.6 Å². The van der Waals surface area contributed by atoms with Crippen LogP contribution < -0.4 is 4.74 Å². The van der Waals surface area contributed by atoms with Gasteiger partial charge in [0.2, 0.25) is 0 Å². The van der Waals surface area contributed by atoms with Gasteiger partial charge in [-0.15, -0.1) is 0 Å². The molecule has 6 nitrogen and oxygen atoms in total. The molecule has 1 heterocycles. The molecule has 108 valence electrons. The van der Waals surface area contributed by atoms with E-state index in [1.54, 1.807) is 7.05 Å². The Morgan fingerprint density at radius 3 is 2.65 bits per heavy atom. The predicted molar refractivity (Wildman–Crippen MR) is 75.0 cm³/mol. The van der Waals surface area contributed by atoms with Gasteiger partial charge in [-0.1, -0.05) is 18.2 Å². The van der Waals surface area contributed by atoms with Gasteiger partial charge in [-0.05, 0) is 24.6 Å². The number of sulfonamides is 1. The number of nitrogens with zero attached hydrogens (tertiary/aromatic N) is 2. The van der Waals surface area contributed by atoms with Crippen LogP contribution in [0.15, 0.2) is 47.6 Å². The molecule has 2 rings (SSSR count). The lowest BCUT2D eigenvalue weighted by Gasteiger charge is -2.15. The number of H-pyrrole nitrogens is 1. The maximum Gasteiger partial charge on any atom is 0.259 e. The number of aromatic nitrogens is 2. The van der Waals surface area contributed by atoms with Gasteiger partial charge < -0.3 is 4.74 Å². The van der Waals surface area contributed by atoms with Crippen molar-refractivity contribution in [3.8, 4) is 5.75 Å². The second kappa shape index (κ2) is 6.53. The fourth-order valence-electron chi connectivity index (χ4n) is 1.67. The summed E-state index contributed by atoms with van der Waals surface area (Å²) in [5, 5.41) is 6.22. The first-order valence-electron chi connectivity index (χ1n) is 6.24. The van der Waals surface area contributed by atoms with E-state index in [0.717, 1.165) is 5.75 Å². The molecule has 2 aromatic rings. The second-order valence-corrected chi connectivity index (χ2v) is 6.28. The van der Waals surface area contributed by atoms with Gasteiger partial charge in [0.15, 0.2) is 5.03 Å². The Bertz CT molecular complexity index is 612. The van der Waals surface area contributed by atoms with Crippen molar-refractivity contribution in [1.29, 1.82) is 0 Å². The Balaban J connectivity index is 1.80. The van der Waals surface area contributed by atoms with E-state index in [1.807, 2.05) is 30.3 Å². The summed E-state index contributed by atoms with van der Waals surface area (Å²) in [7, 11) is -1.94. The number of hydrogen-bond donors (Lipinski definition) is 1. The van der Waals surface area contributed by atoms with Crippen LogP contribution in [-0.2, 0) is 10.0 Å². The number of para-hydroxylation sites is 1. The second-order valence-electron chi connectivity index (χ2n) is 4.26. The molecule has 0 unspecified atom stereocenters. The highest BCUT2D eigenvalue weighted by atomic mass is 32.2. The van der Waals surface area contributed by atoms with Crippen molar-refractivity contribution >= 4 is 10.0 Å². The lowest BCUT2D eigenvalue weighted by molar-refractivity contribution is 0.296. The third-order valence-electron chi connectivity index (χ3n) is 2.79. The molecule has 0 atom stereocenters. The number of hydrogen-bond acceptors (Lipinski definition) is 4. The van der Waals surface area contributed by atoms with E-state index in [-0.39, 0.29) is 5.03 Å². The van der Waals surface area contributed by atoms with Gasteiger partial charge in [0.1, 0.15) is 5.75 Å². The fourth-order valence-corrected chi connectivity index (χ4v) is 2.77. The molecule has 0 saturated heterocycles. The average Bonchev–Trinajstić information content (AvgIpc) is 2.99. The van der Waals surface area contributed by atoms with Crippen LogP contribution in [0, 0.1) is 0 Å². The normalized spacial score (nSPS) is 11.7. The summed E-state index contributed by atoms with van der Waals surface area (Å²) in [5.74, 6) is 0.784. The predicted octanol–water partition coefficient (Wildman–Crippen LogP) is 1.50. The van der Waals surface area contributed by atoms with Crippen LogP contribution in [-0.4, -0.2) is 43.1 Å². The molecule has 1 N–H and O–H groups in total. The minimum atomic E-state index is -3.48. The van der Waals surface area contributed by atoms with Gasteiger partial charge in [0.05, 0.1) is 12.8 Å². The number of rotatable bonds is 7. The summed E-state index contributed by atoms with van der Waals surface area (Å²) in [4.78, 5) is 0. The standard InChI is InChI=1S/C13H17N3O3S/c1-16(20(17,18)13-8-9-14-15-13)10-5-11-19-12-6-3-2-4-7-12/h2-4,6-9H,5,10-11H2,1H3,(H,14,15). The highest BCUT2D eigenvalue weighted by molar-refractivity contribution is 7.89. The van der Waals surface area contributed by atoms with Crippen molar-refractivity contribution in [3.05, 3.63) is 42.6 Å². The largest absolute Gasteiger partial charge is 0.494 e. The molecule has 0 radical (unpaired) electrons. The van der Waals surface area contributed by atoms with Gasteiger partial charge in [-0.3, -0.25) is 5.10 Å². The van der Waals surface area contributed by atoms with Crippen molar-refractivity contribution in [2.45, 2.75) is 11.4 Å². The molecule has 0 aliphatic carbocycles. The third kappa shape index (κ3) is 3.58. The first-order valence-corrected chi connectivity index (χ1v) is 7.68. The molecule has 1 aromatic heterocycles. The number of aromatic amines is 1. The zero-order valence-electron chi connectivity index (χ0n) is 11.2. The van der Waals surface area contributed by atoms with E-state index < -0.39 is 10.0 Å². The molecular formula is C13H17N3O3S. The van der Waals surface area contributed by atoms with Crippen molar-refractivity contribution < 1.29 is 13.2 Å². The van der Waals surface area contributed by atoms with Gasteiger partial charge in [-0.2, -0.15) is 9.40 Å². The van der Waals surface area contributed by atoms with Crippen molar-refractivity contribution in [2.75, 3.05) is 20.2 Å². The molecule has 0 bridgehead atoms. The third-order valence-corrected chi connectivity index (χ3v) is 4.58. The zero-order chi connectivity index (χ0) is 14.4. The van der Waals surface area contributed by atoms with Gasteiger partial charge >= 0.3 is 0 Å². The minimum Gasteiger partial charge on any atom is -0.494 e. The Kier molecular flexibility index (Phi) is 4.75. The van der Waals surface area contributed by atoms with Gasteiger partial charge in [0, 0.05) is 13.6 Å². The molecule has 0 amide bonds. The topological polar surface area (TPSA) is 75.3 Å². The number of ether oxygens (including phenoxy) is 1. The van der Waals surface area contributed by atoms with E-state index in [4.69, 9.17) is 4.74 Å². The SMILES string of the molecule is CN(CCCOc1ccccc1)S(=O)(=O)c1ccn[nH]1. The van der Waals surface area contributed by atoms with E-state index in [9.17, 15) is 8.42 Å². The van der Waals surface area contributed by atoms with Crippen molar-refractivity contribution in [3.63, 3.8) is 0 Å². The van der Waals surface area contributed by atoms with Crippen LogP contribution in [0.4, 0.5) is 0 Å². The summed E-state index contributed by atoms with van der Waals surface area (Å²) >= 11 is 0. The van der Waals surface area contributed by atoms with Gasteiger partial charge in [0.25, 0.3) is 10.0 Å². The summed E-state index contributed by atoms with van der Waals surface area (Å²) < 4.78 is 30.9. The molecule has 20 heavy (non-hydrogen) atoms. The first-order chi connectivity index (χ1) is 9.60. The smallest absolute Gasteiger partial charge is 0.259 e. The maximum atomic E-state index is 12.1. The van der Waals surface area contributed by atoms with E-state index in [0.29, 0.717) is 19.6 Å². The van der Waals surface area contributed by atoms with Gasteiger partial charge in [-0.25, -0.2) is 8.42 Å². The number of nitrogens with one attached hydrogen (secondary N) is 1. The molecular weight excluding hydrogens is 278 g/mol. The minimum absolute atomic E-state index is 0.101. The average molecular weight is 295 g/mol. The van der Waals surface area contributed by atoms with Crippen LogP contribution in [0.2, 0.25) is 0 Å². The summed E-state index contributed by atoms with van der Waals surface area (Å²) in [6, 6.07) is 10.9. The Morgan fingerprint density at radius 1 is 1.25 bits per heavy atom. The lowest BCUT2D eigenvalue weighted by atomic mass is 10.3. The molecule has 0 aliphatic rings. The Labute approximate surface area is 118 Å². The summed E-state index contributed by atoms with van der Waals surface area (Å²) in [6.45, 7) is 0.848. The Hall–Kier alpha value is -1.86. The van der Waals surface area contributed by atoms with Crippen LogP contribution in [0.3, 0.4) is 0 Å². The quantitative estimate of drug-likeness (QED) is 0.785. The van der Waals surface area contributed by atoms with Crippen molar-refractivity contribution in [2.24, 2.45) is 0 Å². The zero-order valence-corrected chi connectivity index (χ0v) is 12.0. The monoisotopic (exact) mass is 295 g/mol. The molecule has 7 heteroatoms. The van der Waals surface area contributed by atoms with Crippen molar-refractivity contribution in [1.82, 2.24) is 14.5 Å². The molecule has 0 spiro atoms. The van der Waals surface area contributed by atoms with Crippen LogP contribution in [0.5, 0.6) is 5.75 Å². The van der Waals surface area contributed by atoms with E-state index >= 15 is 0 Å². The summed E-state index contributed by atoms with van der Waals surface area (Å²) in [6.07, 6.45) is 2.03. The number of benzene rings is 1. The molecule has 0 saturated carbocycles. The first kappa shape index (κ1) is 14.5. The molecule has 0 fully saturated rings. The maximum absolute atomic E-state index is 12.1. The highest BCUT2D eigenvalue weighted by Crippen LogP contribution is 2.11. The summed E-state index contributed by atoms with van der Waals surface area (Å²) in [5.41, 5.74) is 0. The van der Waals surface area contributed by atoms with Crippen LogP contribution in [0.1, 0.15) is 6.42 Å². The van der Waals surface area contributed by atoms with Crippen LogP contribution >= 0.6 is 0 Å². The van der Waals surface area contributed by atoms with Crippen LogP contribution in [0.25, 0.3) is 0 Å². The highest BCUT2D eigenvalue weighted by Gasteiger charge is 2.21. The molecule has 0 aliphatic heterocycles. The lowest BCUT2D eigenvalue weighted by Crippen LogP contribution is -2.29. The fraction of sp³-hybridized carbons (Fsp3) is 0.308. The molecule has 1 aromatic carbocycles. The van der Waals surface area contributed by atoms with E-state index in [2.05, 4.69) is 10.2 Å². The Morgan fingerprint density at radius 2 is 2.00 bits per heavy atom.